The molecule has 2 aliphatic heterocycles. The first kappa shape index (κ1) is 20.6. The predicted octanol–water partition coefficient (Wildman–Crippen LogP) is 3.05. The van der Waals surface area contributed by atoms with Crippen LogP contribution >= 0.6 is 0 Å². The number of allylic oxidation sites excluding steroid dienone is 6. The summed E-state index contributed by atoms with van der Waals surface area (Å²) < 4.78 is 8.64. The molecule has 1 saturated heterocycles. The van der Waals surface area contributed by atoms with Gasteiger partial charge >= 0.3 is 23.9 Å². The summed E-state index contributed by atoms with van der Waals surface area (Å²) in [5.74, 6) is -1.55. The van der Waals surface area contributed by atoms with E-state index >= 15 is 0 Å². The fraction of sp³-hybridized carbons (Fsp3) is 0.429. The minimum atomic E-state index is -0.579. The van der Waals surface area contributed by atoms with E-state index in [1.807, 2.05) is 0 Å². The Morgan fingerprint density at radius 3 is 1.41 bits per heavy atom. The van der Waals surface area contributed by atoms with Crippen LogP contribution < -0.4 is 0 Å². The summed E-state index contributed by atoms with van der Waals surface area (Å²) in [5.41, 5.74) is 0. The lowest BCUT2D eigenvalue weighted by Crippen LogP contribution is -2.38. The summed E-state index contributed by atoms with van der Waals surface area (Å²) in [4.78, 5) is 42.5. The number of cyclic esters (lactones) is 4. The maximum atomic E-state index is 11.3. The van der Waals surface area contributed by atoms with Gasteiger partial charge in [-0.1, -0.05) is 43.9 Å². The minimum Gasteiger partial charge on any atom is -0.393 e. The number of hydrogen-bond acceptors (Lipinski definition) is 6. The molecular formula is C21H24O6. The van der Waals surface area contributed by atoms with Crippen LogP contribution in [0.4, 0.5) is 0 Å². The van der Waals surface area contributed by atoms with E-state index in [-0.39, 0.29) is 43.0 Å². The Bertz CT molecular complexity index is 669. The molecule has 4 unspecified atom stereocenters. The Labute approximate surface area is 158 Å². The van der Waals surface area contributed by atoms with E-state index in [4.69, 9.17) is 0 Å². The van der Waals surface area contributed by atoms with Crippen LogP contribution in [0.15, 0.2) is 48.6 Å². The lowest BCUT2D eigenvalue weighted by molar-refractivity contribution is -0.154. The van der Waals surface area contributed by atoms with Gasteiger partial charge in [-0.25, -0.2) is 9.59 Å². The molecule has 0 radical (unpaired) electrons. The lowest BCUT2D eigenvalue weighted by Gasteiger charge is -2.37. The first-order valence-electron chi connectivity index (χ1n) is 8.75. The molecule has 4 atom stereocenters. The third-order valence-electron chi connectivity index (χ3n) is 4.93. The number of rotatable bonds is 0. The van der Waals surface area contributed by atoms with Gasteiger partial charge < -0.3 is 9.47 Å². The Morgan fingerprint density at radius 1 is 0.704 bits per heavy atom. The molecule has 6 rings (SSSR count). The largest absolute Gasteiger partial charge is 0.393 e. The van der Waals surface area contributed by atoms with E-state index < -0.39 is 11.9 Å². The molecule has 1 saturated carbocycles. The van der Waals surface area contributed by atoms with Crippen molar-refractivity contribution in [3.05, 3.63) is 48.6 Å². The molecule has 2 bridgehead atoms. The van der Waals surface area contributed by atoms with Gasteiger partial charge in [0.05, 0.1) is 11.8 Å². The van der Waals surface area contributed by atoms with Crippen molar-refractivity contribution < 1.29 is 28.7 Å². The summed E-state index contributed by atoms with van der Waals surface area (Å²) in [6, 6.07) is 0. The molecular weight excluding hydrogens is 348 g/mol. The molecule has 2 fully saturated rings. The molecule has 0 aromatic heterocycles. The van der Waals surface area contributed by atoms with Crippen molar-refractivity contribution in [2.75, 3.05) is 0 Å². The highest BCUT2D eigenvalue weighted by atomic mass is 16.6. The molecule has 6 nitrogen and oxygen atoms in total. The standard InChI is InChI=1S/C10H10O3.C6H8.C4H2O3.CH4/c11-9-7-5-1-2-6(4-3-5)8(7)10(12)13-9;1-2-4-6-5-3-1;5-3-1-2-4(6)7-3;/h1-2,5-8H,3-4H2;1-4H,5-6H2;1-2H;1H4. The zero-order valence-electron chi connectivity index (χ0n) is 14.2. The predicted molar refractivity (Wildman–Crippen MR) is 97.9 cm³/mol. The first-order chi connectivity index (χ1) is 12.6. The smallest absolute Gasteiger partial charge is 0.338 e. The zero-order chi connectivity index (χ0) is 18.5. The Hall–Kier alpha value is -2.76. The highest BCUT2D eigenvalue weighted by Gasteiger charge is 2.54. The average Bonchev–Trinajstić information content (AvgIpc) is 3.21. The van der Waals surface area contributed by atoms with E-state index in [0.29, 0.717) is 0 Å². The monoisotopic (exact) mass is 372 g/mol. The van der Waals surface area contributed by atoms with Crippen molar-refractivity contribution in [1.82, 2.24) is 0 Å². The van der Waals surface area contributed by atoms with Crippen molar-refractivity contribution in [1.29, 1.82) is 0 Å². The van der Waals surface area contributed by atoms with Gasteiger partial charge in [0.25, 0.3) is 0 Å². The fourth-order valence-corrected chi connectivity index (χ4v) is 3.72. The van der Waals surface area contributed by atoms with Crippen LogP contribution in [0.25, 0.3) is 0 Å². The van der Waals surface area contributed by atoms with Crippen LogP contribution in [-0.2, 0) is 28.7 Å². The summed E-state index contributed by atoms with van der Waals surface area (Å²) in [5, 5.41) is 0. The lowest BCUT2D eigenvalue weighted by atomic mass is 9.63. The molecule has 6 heteroatoms. The van der Waals surface area contributed by atoms with Crippen molar-refractivity contribution >= 4 is 23.9 Å². The first-order valence-corrected chi connectivity index (χ1v) is 8.75. The van der Waals surface area contributed by atoms with Crippen molar-refractivity contribution in [2.45, 2.75) is 33.1 Å². The summed E-state index contributed by atoms with van der Waals surface area (Å²) in [6.45, 7) is 0. The van der Waals surface area contributed by atoms with Gasteiger partial charge in [-0.2, -0.15) is 0 Å². The number of ether oxygens (including phenoxy) is 2. The van der Waals surface area contributed by atoms with Gasteiger partial charge in [0.1, 0.15) is 0 Å². The van der Waals surface area contributed by atoms with Crippen molar-refractivity contribution in [3.63, 3.8) is 0 Å². The fourth-order valence-electron chi connectivity index (χ4n) is 3.72. The van der Waals surface area contributed by atoms with Gasteiger partial charge in [0.15, 0.2) is 0 Å². The van der Waals surface area contributed by atoms with E-state index in [0.717, 1.165) is 25.0 Å². The van der Waals surface area contributed by atoms with Gasteiger partial charge in [-0.05, 0) is 37.5 Å². The number of hydrogen-bond donors (Lipinski definition) is 0. The van der Waals surface area contributed by atoms with E-state index in [1.54, 1.807) is 0 Å². The molecule has 27 heavy (non-hydrogen) atoms. The van der Waals surface area contributed by atoms with Crippen LogP contribution in [0.1, 0.15) is 33.1 Å². The molecule has 4 aliphatic carbocycles. The highest BCUT2D eigenvalue weighted by molar-refractivity contribution is 6.04. The van der Waals surface area contributed by atoms with Gasteiger partial charge in [-0.15, -0.1) is 0 Å². The average molecular weight is 372 g/mol. The minimum absolute atomic E-state index is 0. The number of fused-ring (bicyclic) bond motifs is 1. The quantitative estimate of drug-likeness (QED) is 0.369. The number of esters is 4. The second-order valence-electron chi connectivity index (χ2n) is 6.59. The van der Waals surface area contributed by atoms with Crippen molar-refractivity contribution in [2.24, 2.45) is 23.7 Å². The Kier molecular flexibility index (Phi) is 7.05. The maximum Gasteiger partial charge on any atom is 0.338 e. The van der Waals surface area contributed by atoms with Crippen LogP contribution in [0.3, 0.4) is 0 Å². The molecule has 0 aromatic rings. The Morgan fingerprint density at radius 2 is 1.15 bits per heavy atom. The molecule has 0 N–H and O–H groups in total. The highest BCUT2D eigenvalue weighted by Crippen LogP contribution is 2.48. The maximum absolute atomic E-state index is 11.3. The SMILES string of the molecule is C.C1=CCCC=C1.O=C1C=CC(=O)O1.O=C1OC(=O)C2C3C=CC(CC3)C12. The van der Waals surface area contributed by atoms with Gasteiger partial charge in [0.2, 0.25) is 0 Å². The second kappa shape index (κ2) is 9.26. The van der Waals surface area contributed by atoms with Crippen LogP contribution in [0, 0.1) is 23.7 Å². The summed E-state index contributed by atoms with van der Waals surface area (Å²) in [7, 11) is 0. The van der Waals surface area contributed by atoms with E-state index in [2.05, 4.69) is 45.9 Å². The normalized spacial score (nSPS) is 31.1. The van der Waals surface area contributed by atoms with E-state index in [1.165, 1.54) is 12.8 Å². The van der Waals surface area contributed by atoms with Crippen LogP contribution in [0.2, 0.25) is 0 Å². The molecule has 0 amide bonds. The second-order valence-corrected chi connectivity index (χ2v) is 6.59. The topological polar surface area (TPSA) is 86.7 Å². The number of carbonyl (C=O) groups is 4. The third kappa shape index (κ3) is 4.90. The van der Waals surface area contributed by atoms with Crippen LogP contribution in [0.5, 0.6) is 0 Å². The zero-order valence-corrected chi connectivity index (χ0v) is 14.2. The molecule has 0 aromatic carbocycles. The van der Waals surface area contributed by atoms with Gasteiger partial charge in [0, 0.05) is 12.2 Å². The summed E-state index contributed by atoms with van der Waals surface area (Å²) >= 11 is 0. The van der Waals surface area contributed by atoms with E-state index in [9.17, 15) is 19.2 Å². The molecule has 2 heterocycles. The summed E-state index contributed by atoms with van der Waals surface area (Å²) in [6.07, 6.45) is 19.4. The molecule has 0 spiro atoms. The number of carbonyl (C=O) groups excluding carboxylic acids is 4. The Balaban J connectivity index is 0.000000159. The molecule has 6 aliphatic rings. The van der Waals surface area contributed by atoms with Crippen molar-refractivity contribution in [3.8, 4) is 0 Å². The van der Waals surface area contributed by atoms with Gasteiger partial charge in [-0.3, -0.25) is 9.59 Å². The van der Waals surface area contributed by atoms with Crippen LogP contribution in [-0.4, -0.2) is 23.9 Å². The molecule has 144 valence electrons. The third-order valence-corrected chi connectivity index (χ3v) is 4.93.